The van der Waals surface area contributed by atoms with E-state index in [1.54, 1.807) is 0 Å². The van der Waals surface area contributed by atoms with Crippen LogP contribution in [0.5, 0.6) is 0 Å². The van der Waals surface area contributed by atoms with Gasteiger partial charge in [-0.15, -0.1) is 10.2 Å². The summed E-state index contributed by atoms with van der Waals surface area (Å²) in [4.78, 5) is 15.0. The SMILES string of the molecule is O=c1c2c(nnn1C1OC1CO)c(N1CCCCC1)nn2O. The first-order valence-corrected chi connectivity index (χ1v) is 7.29. The molecule has 2 aliphatic rings. The Morgan fingerprint density at radius 2 is 2.05 bits per heavy atom. The first-order valence-electron chi connectivity index (χ1n) is 7.29. The summed E-state index contributed by atoms with van der Waals surface area (Å²) in [6, 6.07) is 0. The number of ether oxygens (including phenoxy) is 1. The topological polar surface area (TPSA) is 122 Å². The van der Waals surface area contributed by atoms with Gasteiger partial charge in [0.05, 0.1) is 6.61 Å². The van der Waals surface area contributed by atoms with E-state index in [4.69, 9.17) is 9.84 Å². The van der Waals surface area contributed by atoms with E-state index in [1.807, 2.05) is 4.90 Å². The molecule has 4 rings (SSSR count). The first kappa shape index (κ1) is 13.5. The third kappa shape index (κ3) is 1.95. The highest BCUT2D eigenvalue weighted by molar-refractivity contribution is 5.85. The summed E-state index contributed by atoms with van der Waals surface area (Å²) in [7, 11) is 0. The Bertz CT molecular complexity index is 765. The number of aliphatic hydroxyl groups is 1. The molecule has 2 atom stereocenters. The number of epoxide rings is 1. The predicted molar refractivity (Wildman–Crippen MR) is 73.8 cm³/mol. The first-order chi connectivity index (χ1) is 10.7. The van der Waals surface area contributed by atoms with Crippen molar-refractivity contribution in [2.24, 2.45) is 0 Å². The molecule has 2 aliphatic heterocycles. The highest BCUT2D eigenvalue weighted by Gasteiger charge is 2.42. The fourth-order valence-corrected chi connectivity index (χ4v) is 2.88. The minimum Gasteiger partial charge on any atom is -0.411 e. The summed E-state index contributed by atoms with van der Waals surface area (Å²) in [5.74, 6) is 0.476. The van der Waals surface area contributed by atoms with Crippen LogP contribution in [0, 0.1) is 0 Å². The minimum absolute atomic E-state index is 0.0252. The molecule has 2 saturated heterocycles. The van der Waals surface area contributed by atoms with E-state index in [0.717, 1.165) is 37.0 Å². The fourth-order valence-electron chi connectivity index (χ4n) is 2.88. The van der Waals surface area contributed by atoms with Crippen LogP contribution in [0.1, 0.15) is 25.5 Å². The van der Waals surface area contributed by atoms with Gasteiger partial charge in [-0.25, -0.2) is 0 Å². The smallest absolute Gasteiger partial charge is 0.302 e. The molecule has 2 aromatic heterocycles. The van der Waals surface area contributed by atoms with Gasteiger partial charge in [0.15, 0.2) is 23.1 Å². The summed E-state index contributed by atoms with van der Waals surface area (Å²) in [6.45, 7) is 1.43. The van der Waals surface area contributed by atoms with Crippen LogP contribution < -0.4 is 10.5 Å². The maximum Gasteiger partial charge on any atom is 0.302 e. The van der Waals surface area contributed by atoms with Crippen molar-refractivity contribution in [2.45, 2.75) is 31.6 Å². The monoisotopic (exact) mass is 308 g/mol. The second-order valence-corrected chi connectivity index (χ2v) is 5.54. The Labute approximate surface area is 124 Å². The molecule has 0 saturated carbocycles. The van der Waals surface area contributed by atoms with Crippen LogP contribution in [0.4, 0.5) is 5.82 Å². The van der Waals surface area contributed by atoms with Crippen LogP contribution in [0.15, 0.2) is 4.79 Å². The summed E-state index contributed by atoms with van der Waals surface area (Å²) in [5, 5.41) is 30.9. The van der Waals surface area contributed by atoms with Crippen molar-refractivity contribution < 1.29 is 15.1 Å². The van der Waals surface area contributed by atoms with Crippen LogP contribution in [-0.2, 0) is 4.74 Å². The molecule has 2 aromatic rings. The molecule has 0 amide bonds. The van der Waals surface area contributed by atoms with Gasteiger partial charge in [0.2, 0.25) is 0 Å². The third-order valence-electron chi connectivity index (χ3n) is 4.11. The highest BCUT2D eigenvalue weighted by atomic mass is 16.6. The van der Waals surface area contributed by atoms with Crippen LogP contribution in [-0.4, -0.2) is 61.1 Å². The molecule has 10 nitrogen and oxygen atoms in total. The molecule has 2 unspecified atom stereocenters. The molecule has 0 spiro atoms. The van der Waals surface area contributed by atoms with Gasteiger partial charge in [0.1, 0.15) is 6.10 Å². The van der Waals surface area contributed by atoms with E-state index >= 15 is 0 Å². The summed E-state index contributed by atoms with van der Waals surface area (Å²) >= 11 is 0. The van der Waals surface area contributed by atoms with E-state index in [9.17, 15) is 10.0 Å². The molecule has 0 bridgehead atoms. The third-order valence-corrected chi connectivity index (χ3v) is 4.11. The second-order valence-electron chi connectivity index (χ2n) is 5.54. The van der Waals surface area contributed by atoms with Gasteiger partial charge in [0.25, 0.3) is 0 Å². The van der Waals surface area contributed by atoms with E-state index in [1.165, 1.54) is 0 Å². The number of piperidine rings is 1. The van der Waals surface area contributed by atoms with E-state index in [0.29, 0.717) is 10.7 Å². The number of nitrogens with zero attached hydrogens (tertiary/aromatic N) is 6. The van der Waals surface area contributed by atoms with Crippen LogP contribution >= 0.6 is 0 Å². The lowest BCUT2D eigenvalue weighted by Gasteiger charge is -2.26. The van der Waals surface area contributed by atoms with Gasteiger partial charge in [-0.1, -0.05) is 10.1 Å². The average Bonchev–Trinajstić information content (AvgIpc) is 3.24. The number of anilines is 1. The van der Waals surface area contributed by atoms with Gasteiger partial charge in [-0.2, -0.15) is 4.68 Å². The number of fused-ring (bicyclic) bond motifs is 1. The molecule has 10 heteroatoms. The number of rotatable bonds is 3. The largest absolute Gasteiger partial charge is 0.411 e. The van der Waals surface area contributed by atoms with Gasteiger partial charge < -0.3 is 20.0 Å². The van der Waals surface area contributed by atoms with E-state index in [2.05, 4.69) is 15.4 Å². The van der Waals surface area contributed by atoms with Gasteiger partial charge in [-0.05, 0) is 19.3 Å². The Hall–Kier alpha value is -2.20. The second kappa shape index (κ2) is 4.92. The minimum atomic E-state index is -0.636. The zero-order valence-corrected chi connectivity index (χ0v) is 11.8. The highest BCUT2D eigenvalue weighted by Crippen LogP contribution is 2.31. The van der Waals surface area contributed by atoms with E-state index < -0.39 is 17.9 Å². The summed E-state index contributed by atoms with van der Waals surface area (Å²) < 4.78 is 6.16. The Kier molecular flexibility index (Phi) is 3.01. The number of hydrogen-bond donors (Lipinski definition) is 2. The van der Waals surface area contributed by atoms with Crippen molar-refractivity contribution >= 4 is 16.9 Å². The lowest BCUT2D eigenvalue weighted by atomic mass is 10.1. The molecule has 4 heterocycles. The normalized spacial score (nSPS) is 24.9. The van der Waals surface area contributed by atoms with Crippen molar-refractivity contribution in [3.05, 3.63) is 10.4 Å². The Balaban J connectivity index is 1.79. The molecule has 0 aliphatic carbocycles. The molecule has 0 radical (unpaired) electrons. The van der Waals surface area contributed by atoms with E-state index in [-0.39, 0.29) is 17.6 Å². The quantitative estimate of drug-likeness (QED) is 0.553. The summed E-state index contributed by atoms with van der Waals surface area (Å²) in [6.07, 6.45) is 2.15. The Morgan fingerprint density at radius 1 is 1.27 bits per heavy atom. The van der Waals surface area contributed by atoms with Crippen LogP contribution in [0.2, 0.25) is 0 Å². The zero-order chi connectivity index (χ0) is 15.3. The molecule has 2 N–H and O–H groups in total. The standard InChI is InChI=1S/C12H16N6O4/c19-6-7-12(22-7)17-11(20)9-8(13-15-17)10(14-18(9)21)16-4-2-1-3-5-16/h7,12,19,21H,1-6H2. The maximum absolute atomic E-state index is 12.4. The zero-order valence-electron chi connectivity index (χ0n) is 11.8. The van der Waals surface area contributed by atoms with Gasteiger partial charge in [0, 0.05) is 13.1 Å². The molecule has 0 aromatic carbocycles. The average molecular weight is 308 g/mol. The number of aromatic nitrogens is 5. The molecule has 2 fully saturated rings. The molecular formula is C12H16N6O4. The van der Waals surface area contributed by atoms with Crippen molar-refractivity contribution in [1.29, 1.82) is 0 Å². The lowest BCUT2D eigenvalue weighted by Crippen LogP contribution is -2.30. The van der Waals surface area contributed by atoms with Crippen molar-refractivity contribution in [2.75, 3.05) is 24.6 Å². The van der Waals surface area contributed by atoms with Crippen molar-refractivity contribution in [1.82, 2.24) is 24.9 Å². The van der Waals surface area contributed by atoms with Crippen molar-refractivity contribution in [3.8, 4) is 0 Å². The van der Waals surface area contributed by atoms with Crippen molar-refractivity contribution in [3.63, 3.8) is 0 Å². The lowest BCUT2D eigenvalue weighted by molar-refractivity contribution is 0.160. The fraction of sp³-hybridized carbons (Fsp3) is 0.667. The Morgan fingerprint density at radius 3 is 2.73 bits per heavy atom. The van der Waals surface area contributed by atoms with Gasteiger partial charge >= 0.3 is 5.56 Å². The number of hydrogen-bond acceptors (Lipinski definition) is 8. The van der Waals surface area contributed by atoms with Gasteiger partial charge in [-0.3, -0.25) is 4.79 Å². The summed E-state index contributed by atoms with van der Waals surface area (Å²) in [5.41, 5.74) is -0.279. The molecular weight excluding hydrogens is 292 g/mol. The van der Waals surface area contributed by atoms with Crippen LogP contribution in [0.3, 0.4) is 0 Å². The van der Waals surface area contributed by atoms with Crippen LogP contribution in [0.25, 0.3) is 11.0 Å². The molecule has 118 valence electrons. The molecule has 22 heavy (non-hydrogen) atoms. The number of aliphatic hydroxyl groups excluding tert-OH is 1. The predicted octanol–water partition coefficient (Wildman–Crippen LogP) is -0.895. The maximum atomic E-state index is 12.4.